The van der Waals surface area contributed by atoms with E-state index < -0.39 is 10.0 Å². The molecule has 1 atom stereocenters. The highest BCUT2D eigenvalue weighted by Gasteiger charge is 2.18. The molecular weight excluding hydrogens is 326 g/mol. The van der Waals surface area contributed by atoms with Crippen LogP contribution < -0.4 is 10.5 Å². The summed E-state index contributed by atoms with van der Waals surface area (Å²) in [7, 11) is -2.02. The zero-order valence-corrected chi connectivity index (χ0v) is 14.5. The molecule has 2 aromatic rings. The second-order valence-electron chi connectivity index (χ2n) is 5.55. The van der Waals surface area contributed by atoms with Crippen molar-refractivity contribution in [2.75, 3.05) is 7.05 Å². The predicted octanol–water partition coefficient (Wildman–Crippen LogP) is 2.24. The van der Waals surface area contributed by atoms with Crippen molar-refractivity contribution in [3.05, 3.63) is 65.7 Å². The maximum absolute atomic E-state index is 12.3. The lowest BCUT2D eigenvalue weighted by Gasteiger charge is -2.25. The molecule has 3 N–H and O–H groups in total. The highest BCUT2D eigenvalue weighted by molar-refractivity contribution is 7.89. The van der Waals surface area contributed by atoms with Crippen LogP contribution in [0.4, 0.5) is 4.79 Å². The lowest BCUT2D eigenvalue weighted by molar-refractivity contribution is 0.194. The molecule has 6 nitrogen and oxygen atoms in total. The molecular formula is C17H21N3O3S. The van der Waals surface area contributed by atoms with Crippen LogP contribution >= 0.6 is 0 Å². The zero-order chi connectivity index (χ0) is 17.7. The summed E-state index contributed by atoms with van der Waals surface area (Å²) in [5.41, 5.74) is 1.84. The number of amides is 2. The Balaban J connectivity index is 2.00. The topological polar surface area (TPSA) is 92.5 Å². The number of rotatable bonds is 5. The van der Waals surface area contributed by atoms with E-state index in [0.29, 0.717) is 6.54 Å². The number of hydrogen-bond acceptors (Lipinski definition) is 3. The van der Waals surface area contributed by atoms with Gasteiger partial charge in [0.15, 0.2) is 0 Å². The number of nitrogens with one attached hydrogen (secondary N) is 1. The zero-order valence-electron chi connectivity index (χ0n) is 13.6. The molecule has 24 heavy (non-hydrogen) atoms. The molecule has 2 amide bonds. The molecule has 0 saturated carbocycles. The Bertz CT molecular complexity index is 790. The quantitative estimate of drug-likeness (QED) is 0.869. The summed E-state index contributed by atoms with van der Waals surface area (Å²) < 4.78 is 22.6. The molecule has 2 rings (SSSR count). The van der Waals surface area contributed by atoms with Crippen LogP contribution in [-0.4, -0.2) is 26.4 Å². The lowest BCUT2D eigenvalue weighted by Crippen LogP contribution is -2.38. The van der Waals surface area contributed by atoms with E-state index in [4.69, 9.17) is 5.14 Å². The number of carbonyl (C=O) groups is 1. The van der Waals surface area contributed by atoms with Crippen molar-refractivity contribution in [2.45, 2.75) is 24.4 Å². The summed E-state index contributed by atoms with van der Waals surface area (Å²) in [5.74, 6) is 0. The van der Waals surface area contributed by atoms with E-state index >= 15 is 0 Å². The van der Waals surface area contributed by atoms with E-state index in [0.717, 1.165) is 11.1 Å². The van der Waals surface area contributed by atoms with Crippen LogP contribution in [0.1, 0.15) is 24.1 Å². The maximum Gasteiger partial charge on any atom is 0.317 e. The normalized spacial score (nSPS) is 12.5. The van der Waals surface area contributed by atoms with E-state index in [1.165, 1.54) is 12.1 Å². The standard InChI is InChI=1S/C17H21N3O3S/c1-13(15-8-10-16(11-9-15)24(18,22)23)20(2)17(21)19-12-14-6-4-3-5-7-14/h3-11,13H,12H2,1-2H3,(H,19,21)(H2,18,22,23). The molecule has 0 radical (unpaired) electrons. The fraction of sp³-hybridized carbons (Fsp3) is 0.235. The Hall–Kier alpha value is -2.38. The molecule has 7 heteroatoms. The molecule has 1 unspecified atom stereocenters. The number of urea groups is 1. The van der Waals surface area contributed by atoms with Gasteiger partial charge in [-0.25, -0.2) is 18.4 Å². The van der Waals surface area contributed by atoms with Gasteiger partial charge < -0.3 is 10.2 Å². The number of nitrogens with two attached hydrogens (primary N) is 1. The van der Waals surface area contributed by atoms with Crippen molar-refractivity contribution < 1.29 is 13.2 Å². The highest BCUT2D eigenvalue weighted by Crippen LogP contribution is 2.20. The van der Waals surface area contributed by atoms with Crippen LogP contribution in [-0.2, 0) is 16.6 Å². The highest BCUT2D eigenvalue weighted by atomic mass is 32.2. The largest absolute Gasteiger partial charge is 0.334 e. The average molecular weight is 347 g/mol. The van der Waals surface area contributed by atoms with Crippen LogP contribution in [0.25, 0.3) is 0 Å². The van der Waals surface area contributed by atoms with E-state index in [1.54, 1.807) is 24.1 Å². The second-order valence-corrected chi connectivity index (χ2v) is 7.11. The SMILES string of the molecule is CC(c1ccc(S(N)(=O)=O)cc1)N(C)C(=O)NCc1ccccc1. The van der Waals surface area contributed by atoms with E-state index in [2.05, 4.69) is 5.32 Å². The molecule has 2 aromatic carbocycles. The molecule has 0 saturated heterocycles. The molecule has 0 aromatic heterocycles. The fourth-order valence-electron chi connectivity index (χ4n) is 2.23. The van der Waals surface area contributed by atoms with Crippen LogP contribution in [0.5, 0.6) is 0 Å². The number of hydrogen-bond donors (Lipinski definition) is 2. The Morgan fingerprint density at radius 2 is 1.71 bits per heavy atom. The Labute approximate surface area is 142 Å². The van der Waals surface area contributed by atoms with Gasteiger partial charge in [-0.1, -0.05) is 42.5 Å². The van der Waals surface area contributed by atoms with Crippen molar-refractivity contribution in [2.24, 2.45) is 5.14 Å². The van der Waals surface area contributed by atoms with E-state index in [9.17, 15) is 13.2 Å². The minimum absolute atomic E-state index is 0.0506. The van der Waals surface area contributed by atoms with Crippen molar-refractivity contribution in [1.82, 2.24) is 10.2 Å². The van der Waals surface area contributed by atoms with Gasteiger partial charge in [-0.15, -0.1) is 0 Å². The molecule has 0 aliphatic heterocycles. The van der Waals surface area contributed by atoms with E-state index in [-0.39, 0.29) is 17.0 Å². The number of primary sulfonamides is 1. The van der Waals surface area contributed by atoms with Crippen molar-refractivity contribution in [1.29, 1.82) is 0 Å². The average Bonchev–Trinajstić information content (AvgIpc) is 2.58. The number of carbonyl (C=O) groups excluding carboxylic acids is 1. The molecule has 0 heterocycles. The summed E-state index contributed by atoms with van der Waals surface area (Å²) in [6.07, 6.45) is 0. The van der Waals surface area contributed by atoms with Gasteiger partial charge in [0, 0.05) is 13.6 Å². The van der Waals surface area contributed by atoms with Crippen LogP contribution in [0.2, 0.25) is 0 Å². The first-order valence-electron chi connectivity index (χ1n) is 7.46. The summed E-state index contributed by atoms with van der Waals surface area (Å²) in [4.78, 5) is 13.9. The summed E-state index contributed by atoms with van der Waals surface area (Å²) >= 11 is 0. The molecule has 0 aliphatic rings. The third-order valence-corrected chi connectivity index (χ3v) is 4.81. The first-order chi connectivity index (χ1) is 11.3. The minimum atomic E-state index is -3.71. The van der Waals surface area contributed by atoms with Gasteiger partial charge >= 0.3 is 6.03 Å². The molecule has 128 valence electrons. The Morgan fingerprint density at radius 1 is 1.12 bits per heavy atom. The molecule has 0 spiro atoms. The number of nitrogens with zero attached hydrogens (tertiary/aromatic N) is 1. The van der Waals surface area contributed by atoms with Crippen molar-refractivity contribution >= 4 is 16.1 Å². The van der Waals surface area contributed by atoms with Gasteiger partial charge in [-0.3, -0.25) is 0 Å². The molecule has 0 bridgehead atoms. The Kier molecular flexibility index (Phi) is 5.58. The van der Waals surface area contributed by atoms with Gasteiger partial charge in [0.1, 0.15) is 0 Å². The fourth-order valence-corrected chi connectivity index (χ4v) is 2.75. The van der Waals surface area contributed by atoms with Gasteiger partial charge in [-0.05, 0) is 30.2 Å². The summed E-state index contributed by atoms with van der Waals surface area (Å²) in [5, 5.41) is 7.94. The van der Waals surface area contributed by atoms with Crippen molar-refractivity contribution in [3.8, 4) is 0 Å². The van der Waals surface area contributed by atoms with Crippen LogP contribution in [0.15, 0.2) is 59.5 Å². The van der Waals surface area contributed by atoms with Crippen molar-refractivity contribution in [3.63, 3.8) is 0 Å². The first kappa shape index (κ1) is 18.0. The molecule has 0 aliphatic carbocycles. The summed E-state index contributed by atoms with van der Waals surface area (Å²) in [6.45, 7) is 2.31. The molecule has 0 fully saturated rings. The van der Waals surface area contributed by atoms with Gasteiger partial charge in [0.2, 0.25) is 10.0 Å². The predicted molar refractivity (Wildman–Crippen MR) is 92.7 cm³/mol. The lowest BCUT2D eigenvalue weighted by atomic mass is 10.1. The Morgan fingerprint density at radius 3 is 2.25 bits per heavy atom. The first-order valence-corrected chi connectivity index (χ1v) is 9.01. The van der Waals surface area contributed by atoms with Crippen LogP contribution in [0.3, 0.4) is 0 Å². The second kappa shape index (κ2) is 7.46. The third-order valence-electron chi connectivity index (χ3n) is 3.88. The number of sulfonamides is 1. The van der Waals surface area contributed by atoms with Gasteiger partial charge in [0.25, 0.3) is 0 Å². The summed E-state index contributed by atoms with van der Waals surface area (Å²) in [6, 6.07) is 15.4. The smallest absolute Gasteiger partial charge is 0.317 e. The van der Waals surface area contributed by atoms with Gasteiger partial charge in [0.05, 0.1) is 10.9 Å². The third kappa shape index (κ3) is 4.56. The minimum Gasteiger partial charge on any atom is -0.334 e. The monoisotopic (exact) mass is 347 g/mol. The van der Waals surface area contributed by atoms with Crippen LogP contribution in [0, 0.1) is 0 Å². The maximum atomic E-state index is 12.3. The number of benzene rings is 2. The van der Waals surface area contributed by atoms with Gasteiger partial charge in [-0.2, -0.15) is 0 Å². The van der Waals surface area contributed by atoms with E-state index in [1.807, 2.05) is 37.3 Å².